The van der Waals surface area contributed by atoms with Gasteiger partial charge in [0.2, 0.25) is 5.91 Å². The SMILES string of the molecule is CC(C)(O)C(C)(C)NC(=O)c1ccc2c(c1)CC(=O)N2. The fourth-order valence-corrected chi connectivity index (χ4v) is 1.88. The van der Waals surface area contributed by atoms with Crippen molar-refractivity contribution in [2.24, 2.45) is 0 Å². The molecule has 1 heterocycles. The molecule has 0 unspecified atom stereocenters. The lowest BCUT2D eigenvalue weighted by Gasteiger charge is -2.38. The molecule has 0 atom stereocenters. The molecule has 5 nitrogen and oxygen atoms in total. The summed E-state index contributed by atoms with van der Waals surface area (Å²) in [5.74, 6) is -0.325. The van der Waals surface area contributed by atoms with Crippen molar-refractivity contribution < 1.29 is 14.7 Å². The van der Waals surface area contributed by atoms with Gasteiger partial charge in [-0.3, -0.25) is 9.59 Å². The van der Waals surface area contributed by atoms with Crippen LogP contribution < -0.4 is 10.6 Å². The zero-order valence-corrected chi connectivity index (χ0v) is 12.2. The molecule has 0 aliphatic carbocycles. The molecule has 0 fully saturated rings. The van der Waals surface area contributed by atoms with Crippen molar-refractivity contribution in [3.05, 3.63) is 29.3 Å². The highest BCUT2D eigenvalue weighted by Gasteiger charge is 2.36. The Balaban J connectivity index is 2.19. The highest BCUT2D eigenvalue weighted by Crippen LogP contribution is 2.25. The largest absolute Gasteiger partial charge is 0.388 e. The molecule has 0 saturated carbocycles. The molecule has 1 aromatic rings. The lowest BCUT2D eigenvalue weighted by Crippen LogP contribution is -2.57. The van der Waals surface area contributed by atoms with Gasteiger partial charge in [0.25, 0.3) is 5.91 Å². The van der Waals surface area contributed by atoms with Gasteiger partial charge in [-0.2, -0.15) is 0 Å². The van der Waals surface area contributed by atoms with E-state index in [1.807, 2.05) is 0 Å². The van der Waals surface area contributed by atoms with Crippen LogP contribution in [-0.4, -0.2) is 28.1 Å². The second-order valence-corrected chi connectivity index (χ2v) is 6.24. The van der Waals surface area contributed by atoms with Gasteiger partial charge >= 0.3 is 0 Å². The molecule has 3 N–H and O–H groups in total. The molecule has 1 aliphatic rings. The van der Waals surface area contributed by atoms with E-state index in [1.54, 1.807) is 45.9 Å². The molecular formula is C15H20N2O3. The number of carbonyl (C=O) groups is 2. The number of hydrogen-bond donors (Lipinski definition) is 3. The van der Waals surface area contributed by atoms with Crippen molar-refractivity contribution in [2.75, 3.05) is 5.32 Å². The molecule has 0 spiro atoms. The molecule has 0 bridgehead atoms. The van der Waals surface area contributed by atoms with Crippen LogP contribution in [0.15, 0.2) is 18.2 Å². The third-order valence-corrected chi connectivity index (χ3v) is 3.95. The Bertz CT molecular complexity index is 571. The van der Waals surface area contributed by atoms with Crippen LogP contribution in [0, 0.1) is 0 Å². The van der Waals surface area contributed by atoms with Crippen molar-refractivity contribution in [1.82, 2.24) is 5.32 Å². The number of benzene rings is 1. The minimum absolute atomic E-state index is 0.0608. The maximum absolute atomic E-state index is 12.3. The highest BCUT2D eigenvalue weighted by molar-refractivity contribution is 6.01. The summed E-state index contributed by atoms with van der Waals surface area (Å²) in [4.78, 5) is 23.6. The minimum Gasteiger partial charge on any atom is -0.388 e. The summed E-state index contributed by atoms with van der Waals surface area (Å²) in [7, 11) is 0. The van der Waals surface area contributed by atoms with Crippen molar-refractivity contribution >= 4 is 17.5 Å². The average Bonchev–Trinajstić information content (AvgIpc) is 2.65. The average molecular weight is 276 g/mol. The first-order valence-corrected chi connectivity index (χ1v) is 6.58. The number of rotatable bonds is 3. The molecule has 1 aromatic carbocycles. The lowest BCUT2D eigenvalue weighted by molar-refractivity contribution is -0.115. The fraction of sp³-hybridized carbons (Fsp3) is 0.467. The Morgan fingerprint density at radius 1 is 1.30 bits per heavy atom. The van der Waals surface area contributed by atoms with Gasteiger partial charge in [0, 0.05) is 11.3 Å². The molecule has 108 valence electrons. The predicted molar refractivity (Wildman–Crippen MR) is 76.6 cm³/mol. The second kappa shape index (κ2) is 4.59. The maximum Gasteiger partial charge on any atom is 0.251 e. The van der Waals surface area contributed by atoms with E-state index in [-0.39, 0.29) is 11.8 Å². The number of amides is 2. The van der Waals surface area contributed by atoms with Gasteiger partial charge in [0.05, 0.1) is 17.6 Å². The minimum atomic E-state index is -1.04. The molecule has 1 aliphatic heterocycles. The summed E-state index contributed by atoms with van der Waals surface area (Å²) >= 11 is 0. The van der Waals surface area contributed by atoms with Crippen molar-refractivity contribution in [1.29, 1.82) is 0 Å². The monoisotopic (exact) mass is 276 g/mol. The van der Waals surface area contributed by atoms with E-state index < -0.39 is 11.1 Å². The first kappa shape index (κ1) is 14.5. The molecule has 2 amide bonds. The molecular weight excluding hydrogens is 256 g/mol. The lowest BCUT2D eigenvalue weighted by atomic mass is 9.85. The van der Waals surface area contributed by atoms with Crippen molar-refractivity contribution in [3.63, 3.8) is 0 Å². The van der Waals surface area contributed by atoms with Crippen LogP contribution in [0.5, 0.6) is 0 Å². The van der Waals surface area contributed by atoms with Crippen LogP contribution in [0.2, 0.25) is 0 Å². The normalized spacial score (nSPS) is 14.8. The van der Waals surface area contributed by atoms with Crippen molar-refractivity contribution in [2.45, 2.75) is 45.3 Å². The first-order valence-electron chi connectivity index (χ1n) is 6.58. The van der Waals surface area contributed by atoms with Crippen LogP contribution in [0.3, 0.4) is 0 Å². The topological polar surface area (TPSA) is 78.4 Å². The van der Waals surface area contributed by atoms with E-state index in [4.69, 9.17) is 0 Å². The summed E-state index contributed by atoms with van der Waals surface area (Å²) in [5, 5.41) is 15.6. The maximum atomic E-state index is 12.3. The zero-order valence-electron chi connectivity index (χ0n) is 12.2. The van der Waals surface area contributed by atoms with Crippen molar-refractivity contribution in [3.8, 4) is 0 Å². The van der Waals surface area contributed by atoms with Gasteiger partial charge in [-0.25, -0.2) is 0 Å². The molecule has 2 rings (SSSR count). The Hall–Kier alpha value is -1.88. The summed E-state index contributed by atoms with van der Waals surface area (Å²) in [6.07, 6.45) is 0.297. The van der Waals surface area contributed by atoms with Gasteiger partial charge in [-0.1, -0.05) is 0 Å². The third kappa shape index (κ3) is 2.67. The van der Waals surface area contributed by atoms with Gasteiger partial charge in [-0.15, -0.1) is 0 Å². The Labute approximate surface area is 118 Å². The van der Waals surface area contributed by atoms with Crippen LogP contribution in [0.4, 0.5) is 5.69 Å². The molecule has 0 aromatic heterocycles. The number of hydrogen-bond acceptors (Lipinski definition) is 3. The summed E-state index contributed by atoms with van der Waals surface area (Å²) < 4.78 is 0. The highest BCUT2D eigenvalue weighted by atomic mass is 16.3. The van der Waals surface area contributed by atoms with Gasteiger partial charge in [-0.05, 0) is 51.5 Å². The van der Waals surface area contributed by atoms with Crippen LogP contribution in [-0.2, 0) is 11.2 Å². The van der Waals surface area contributed by atoms with E-state index >= 15 is 0 Å². The third-order valence-electron chi connectivity index (χ3n) is 3.95. The van der Waals surface area contributed by atoms with Gasteiger partial charge in [0.15, 0.2) is 0 Å². The number of aliphatic hydroxyl groups is 1. The van der Waals surface area contributed by atoms with E-state index in [0.717, 1.165) is 11.3 Å². The summed E-state index contributed by atoms with van der Waals surface area (Å²) in [6, 6.07) is 5.11. The van der Waals surface area contributed by atoms with E-state index in [1.165, 1.54) is 0 Å². The quantitative estimate of drug-likeness (QED) is 0.782. The molecule has 5 heteroatoms. The number of carbonyl (C=O) groups excluding carboxylic acids is 2. The van der Waals surface area contributed by atoms with E-state index in [0.29, 0.717) is 12.0 Å². The van der Waals surface area contributed by atoms with E-state index in [9.17, 15) is 14.7 Å². The molecule has 0 saturated heterocycles. The van der Waals surface area contributed by atoms with Crippen LogP contribution >= 0.6 is 0 Å². The zero-order chi connectivity index (χ0) is 15.1. The Morgan fingerprint density at radius 3 is 2.55 bits per heavy atom. The van der Waals surface area contributed by atoms with E-state index in [2.05, 4.69) is 10.6 Å². The number of nitrogens with one attached hydrogen (secondary N) is 2. The Morgan fingerprint density at radius 2 is 1.95 bits per heavy atom. The molecule has 20 heavy (non-hydrogen) atoms. The smallest absolute Gasteiger partial charge is 0.251 e. The summed E-state index contributed by atoms with van der Waals surface area (Å²) in [5.41, 5.74) is 0.253. The first-order chi connectivity index (χ1) is 9.10. The fourth-order valence-electron chi connectivity index (χ4n) is 1.88. The van der Waals surface area contributed by atoms with Crippen LogP contribution in [0.1, 0.15) is 43.6 Å². The Kier molecular flexibility index (Phi) is 3.34. The van der Waals surface area contributed by atoms with Gasteiger partial charge < -0.3 is 15.7 Å². The second-order valence-electron chi connectivity index (χ2n) is 6.24. The summed E-state index contributed by atoms with van der Waals surface area (Å²) in [6.45, 7) is 6.84. The number of fused-ring (bicyclic) bond motifs is 1. The predicted octanol–water partition coefficient (Wildman–Crippen LogP) is 1.46. The standard InChI is InChI=1S/C15H20N2O3/c1-14(2,15(3,4)20)17-13(19)9-5-6-11-10(7-9)8-12(18)16-11/h5-7,20H,8H2,1-4H3,(H,16,18)(H,17,19). The molecule has 0 radical (unpaired) electrons. The van der Waals surface area contributed by atoms with Gasteiger partial charge in [0.1, 0.15) is 0 Å². The number of anilines is 1. The van der Waals surface area contributed by atoms with Crippen LogP contribution in [0.25, 0.3) is 0 Å².